The minimum Gasteiger partial charge on any atom is -0.497 e. The Kier molecular flexibility index (Phi) is 5.20. The third kappa shape index (κ3) is 3.40. The number of imide groups is 1. The molecule has 180 valence electrons. The summed E-state index contributed by atoms with van der Waals surface area (Å²) in [7, 11) is 1.60. The van der Waals surface area contributed by atoms with Crippen LogP contribution in [0, 0.1) is 17.3 Å². The molecule has 5 rings (SSSR count). The van der Waals surface area contributed by atoms with Gasteiger partial charge >= 0.3 is 0 Å². The lowest BCUT2D eigenvalue weighted by molar-refractivity contribution is -0.132. The zero-order valence-corrected chi connectivity index (χ0v) is 20.4. The molecule has 2 aromatic rings. The standard InChI is InChI=1S/C28H28N2O5/c1-15(31)16-6-9-18(10-7-16)29-26(33)22-21-12-8-17-14-19(35-5)11-13-20(17)30(21)24(23(22)27(29)34)25(32)28(2,3)4/h6-14,21-24H,1-5H3/t21-,22+,23-,24-/m1/s1. The Labute approximate surface area is 204 Å². The molecule has 0 radical (unpaired) electrons. The van der Waals surface area contributed by atoms with Gasteiger partial charge in [-0.2, -0.15) is 0 Å². The van der Waals surface area contributed by atoms with Gasteiger partial charge in [-0.1, -0.05) is 32.9 Å². The highest BCUT2D eigenvalue weighted by Gasteiger charge is 2.65. The topological polar surface area (TPSA) is 84.0 Å². The molecule has 7 nitrogen and oxygen atoms in total. The maximum atomic E-state index is 13.8. The summed E-state index contributed by atoms with van der Waals surface area (Å²) in [6.45, 7) is 6.98. The second-order valence-electron chi connectivity index (χ2n) is 10.4. The number of Topliss-reactive ketones (excluding diaryl/α,β-unsaturated/α-hetero) is 2. The molecule has 3 heterocycles. The monoisotopic (exact) mass is 472 g/mol. The number of methoxy groups -OCH3 is 1. The summed E-state index contributed by atoms with van der Waals surface area (Å²) in [5, 5.41) is 0. The Morgan fingerprint density at radius 3 is 2.20 bits per heavy atom. The van der Waals surface area contributed by atoms with Gasteiger partial charge in [0, 0.05) is 22.2 Å². The summed E-state index contributed by atoms with van der Waals surface area (Å²) >= 11 is 0. The third-order valence-corrected chi connectivity index (χ3v) is 7.25. The normalized spacial score (nSPS) is 24.8. The maximum absolute atomic E-state index is 13.8. The van der Waals surface area contributed by atoms with Gasteiger partial charge in [0.2, 0.25) is 11.8 Å². The Balaban J connectivity index is 1.61. The van der Waals surface area contributed by atoms with Gasteiger partial charge in [-0.15, -0.1) is 0 Å². The third-order valence-electron chi connectivity index (χ3n) is 7.25. The molecule has 0 unspecified atom stereocenters. The van der Waals surface area contributed by atoms with Gasteiger partial charge in [0.15, 0.2) is 11.6 Å². The molecule has 35 heavy (non-hydrogen) atoms. The van der Waals surface area contributed by atoms with E-state index in [9.17, 15) is 19.2 Å². The zero-order valence-electron chi connectivity index (χ0n) is 20.4. The van der Waals surface area contributed by atoms with E-state index in [4.69, 9.17) is 4.74 Å². The van der Waals surface area contributed by atoms with Crippen molar-refractivity contribution in [3.63, 3.8) is 0 Å². The Morgan fingerprint density at radius 2 is 1.60 bits per heavy atom. The minimum absolute atomic E-state index is 0.0815. The van der Waals surface area contributed by atoms with E-state index >= 15 is 0 Å². The first-order chi connectivity index (χ1) is 16.5. The minimum atomic E-state index is -0.801. The molecule has 3 aliphatic heterocycles. The van der Waals surface area contributed by atoms with Crippen LogP contribution in [-0.2, 0) is 14.4 Å². The summed E-state index contributed by atoms with van der Waals surface area (Å²) in [4.78, 5) is 56.2. The summed E-state index contributed by atoms with van der Waals surface area (Å²) in [6.07, 6.45) is 3.85. The molecule has 7 heteroatoms. The number of fused-ring (bicyclic) bond motifs is 5. The molecule has 4 atom stereocenters. The van der Waals surface area contributed by atoms with Crippen LogP contribution in [0.2, 0.25) is 0 Å². The van der Waals surface area contributed by atoms with E-state index in [1.165, 1.54) is 11.8 Å². The number of carbonyl (C=O) groups is 4. The molecule has 0 saturated carbocycles. The molecule has 0 aromatic heterocycles. The van der Waals surface area contributed by atoms with Crippen molar-refractivity contribution in [2.24, 2.45) is 17.3 Å². The van der Waals surface area contributed by atoms with Crippen LogP contribution in [0.1, 0.15) is 43.6 Å². The molecule has 0 aliphatic carbocycles. The van der Waals surface area contributed by atoms with Crippen molar-refractivity contribution in [3.8, 4) is 5.75 Å². The number of carbonyl (C=O) groups excluding carboxylic acids is 4. The fraction of sp³-hybridized carbons (Fsp3) is 0.357. The van der Waals surface area contributed by atoms with Crippen LogP contribution in [0.5, 0.6) is 5.75 Å². The number of ketones is 2. The van der Waals surface area contributed by atoms with Crippen LogP contribution < -0.4 is 14.5 Å². The molecule has 3 aliphatic rings. The molecule has 2 fully saturated rings. The van der Waals surface area contributed by atoms with Crippen molar-refractivity contribution in [2.75, 3.05) is 16.9 Å². The van der Waals surface area contributed by atoms with Gasteiger partial charge in [0.1, 0.15) is 11.8 Å². The van der Waals surface area contributed by atoms with E-state index in [0.29, 0.717) is 17.0 Å². The predicted molar refractivity (Wildman–Crippen MR) is 132 cm³/mol. The maximum Gasteiger partial charge on any atom is 0.240 e. The Hall–Kier alpha value is -3.74. The van der Waals surface area contributed by atoms with Gasteiger partial charge in [-0.25, -0.2) is 4.90 Å². The summed E-state index contributed by atoms with van der Waals surface area (Å²) < 4.78 is 5.36. The molecule has 0 spiro atoms. The first-order valence-corrected chi connectivity index (χ1v) is 11.7. The fourth-order valence-electron chi connectivity index (χ4n) is 5.52. The smallest absolute Gasteiger partial charge is 0.240 e. The van der Waals surface area contributed by atoms with Crippen LogP contribution in [0.3, 0.4) is 0 Å². The van der Waals surface area contributed by atoms with Crippen molar-refractivity contribution >= 4 is 40.8 Å². The highest BCUT2D eigenvalue weighted by molar-refractivity contribution is 6.25. The van der Waals surface area contributed by atoms with Gasteiger partial charge in [0.25, 0.3) is 0 Å². The van der Waals surface area contributed by atoms with Gasteiger partial charge in [-0.05, 0) is 49.4 Å². The van der Waals surface area contributed by atoms with Gasteiger partial charge < -0.3 is 9.64 Å². The first-order valence-electron chi connectivity index (χ1n) is 11.7. The SMILES string of the molecule is COc1ccc2c(c1)C=C[C@@H]1[C@@H]3C(=O)N(c4ccc(C(C)=O)cc4)C(=O)[C@H]3[C@H](C(=O)C(C)(C)C)N21. The number of nitrogens with zero attached hydrogens (tertiary/aromatic N) is 2. The second kappa shape index (κ2) is 7.90. The number of amides is 2. The zero-order chi connectivity index (χ0) is 25.2. The summed E-state index contributed by atoms with van der Waals surface area (Å²) in [6, 6.07) is 10.9. The average molecular weight is 473 g/mol. The van der Waals surface area contributed by atoms with Crippen molar-refractivity contribution in [1.29, 1.82) is 0 Å². The van der Waals surface area contributed by atoms with Gasteiger partial charge in [0.05, 0.1) is 30.7 Å². The van der Waals surface area contributed by atoms with E-state index in [1.54, 1.807) is 31.4 Å². The lowest BCUT2D eigenvalue weighted by Crippen LogP contribution is -2.51. The Bertz CT molecular complexity index is 1290. The molecular formula is C28H28N2O5. The second-order valence-corrected chi connectivity index (χ2v) is 10.4. The summed E-state index contributed by atoms with van der Waals surface area (Å²) in [5.74, 6) is -1.67. The number of benzene rings is 2. The Morgan fingerprint density at radius 1 is 0.943 bits per heavy atom. The van der Waals surface area contributed by atoms with Crippen LogP contribution >= 0.6 is 0 Å². The van der Waals surface area contributed by atoms with E-state index in [0.717, 1.165) is 11.3 Å². The molecule has 2 saturated heterocycles. The van der Waals surface area contributed by atoms with Crippen LogP contribution in [-0.4, -0.2) is 42.6 Å². The highest BCUT2D eigenvalue weighted by Crippen LogP contribution is 2.50. The first kappa shape index (κ1) is 23.0. The molecule has 0 N–H and O–H groups in total. The van der Waals surface area contributed by atoms with Crippen LogP contribution in [0.15, 0.2) is 48.5 Å². The number of hydrogen-bond acceptors (Lipinski definition) is 6. The van der Waals surface area contributed by atoms with E-state index < -0.39 is 29.3 Å². The predicted octanol–water partition coefficient (Wildman–Crippen LogP) is 3.90. The molecule has 2 aromatic carbocycles. The van der Waals surface area contributed by atoms with Crippen molar-refractivity contribution in [1.82, 2.24) is 0 Å². The fourth-order valence-corrected chi connectivity index (χ4v) is 5.52. The number of anilines is 2. The molecular weight excluding hydrogens is 444 g/mol. The number of rotatable bonds is 4. The van der Waals surface area contributed by atoms with Crippen molar-refractivity contribution < 1.29 is 23.9 Å². The quantitative estimate of drug-likeness (QED) is 0.496. The molecule has 2 amide bonds. The van der Waals surface area contributed by atoms with E-state index in [1.807, 2.05) is 56.0 Å². The highest BCUT2D eigenvalue weighted by atomic mass is 16.5. The number of hydrogen-bond donors (Lipinski definition) is 0. The van der Waals surface area contributed by atoms with E-state index in [-0.39, 0.29) is 23.4 Å². The lowest BCUT2D eigenvalue weighted by Gasteiger charge is -2.38. The molecule has 0 bridgehead atoms. The lowest BCUT2D eigenvalue weighted by atomic mass is 9.79. The summed E-state index contributed by atoms with van der Waals surface area (Å²) in [5.41, 5.74) is 1.90. The van der Waals surface area contributed by atoms with Crippen molar-refractivity contribution in [2.45, 2.75) is 39.8 Å². The van der Waals surface area contributed by atoms with Crippen LogP contribution in [0.25, 0.3) is 6.08 Å². The number of ether oxygens (including phenoxy) is 1. The van der Waals surface area contributed by atoms with E-state index in [2.05, 4.69) is 0 Å². The van der Waals surface area contributed by atoms with Crippen LogP contribution in [0.4, 0.5) is 11.4 Å². The largest absolute Gasteiger partial charge is 0.497 e. The average Bonchev–Trinajstić information content (AvgIpc) is 3.30. The van der Waals surface area contributed by atoms with Gasteiger partial charge in [-0.3, -0.25) is 19.2 Å². The van der Waals surface area contributed by atoms with Crippen molar-refractivity contribution in [3.05, 3.63) is 59.7 Å².